The number of benzene rings is 3. The van der Waals surface area contributed by atoms with Crippen LogP contribution in [0.2, 0.25) is 0 Å². The quantitative estimate of drug-likeness (QED) is 0.446. The highest BCUT2D eigenvalue weighted by Crippen LogP contribution is 2.14. The van der Waals surface area contributed by atoms with Crippen molar-refractivity contribution in [2.24, 2.45) is 0 Å². The molecule has 0 aliphatic carbocycles. The maximum absolute atomic E-state index is 4.52. The second kappa shape index (κ2) is 8.21. The first kappa shape index (κ1) is 16.1. The molecule has 0 amide bonds. The molecule has 0 radical (unpaired) electrons. The normalized spacial score (nSPS) is 10.4. The van der Waals surface area contributed by atoms with E-state index in [1.807, 2.05) is 48.5 Å². The third-order valence-corrected chi connectivity index (χ3v) is 3.91. The number of para-hydroxylation sites is 4. The molecule has 0 atom stereocenters. The molecule has 2 heteroatoms. The zero-order valence-corrected chi connectivity index (χ0v) is 14.0. The van der Waals surface area contributed by atoms with Crippen LogP contribution in [-0.4, -0.2) is 9.97 Å². The lowest BCUT2D eigenvalue weighted by atomic mass is 10.1. The molecule has 0 aliphatic rings. The summed E-state index contributed by atoms with van der Waals surface area (Å²) in [6.45, 7) is 2.23. The Labute approximate surface area is 143 Å². The van der Waals surface area contributed by atoms with Crippen LogP contribution in [0.4, 0.5) is 0 Å². The third-order valence-electron chi connectivity index (χ3n) is 3.91. The van der Waals surface area contributed by atoms with Gasteiger partial charge in [0.15, 0.2) is 0 Å². The molecule has 0 spiro atoms. The van der Waals surface area contributed by atoms with Gasteiger partial charge in [0.2, 0.25) is 0 Å². The summed E-state index contributed by atoms with van der Waals surface area (Å²) in [5.41, 5.74) is 5.26. The van der Waals surface area contributed by atoms with Gasteiger partial charge in [0.1, 0.15) is 0 Å². The molecule has 4 rings (SSSR count). The van der Waals surface area contributed by atoms with E-state index in [4.69, 9.17) is 0 Å². The first-order valence-electron chi connectivity index (χ1n) is 8.52. The van der Waals surface area contributed by atoms with Crippen LogP contribution in [0.1, 0.15) is 25.3 Å². The minimum absolute atomic E-state index is 0.950. The van der Waals surface area contributed by atoms with E-state index in [1.54, 1.807) is 0 Å². The lowest BCUT2D eigenvalue weighted by molar-refractivity contribution is 0.795. The largest absolute Gasteiger partial charge is 0.245 e. The minimum atomic E-state index is 0.950. The van der Waals surface area contributed by atoms with Crippen molar-refractivity contribution < 1.29 is 0 Å². The van der Waals surface area contributed by atoms with Crippen LogP contribution in [0.15, 0.2) is 78.9 Å². The number of fused-ring (bicyclic) bond motifs is 2. The first-order chi connectivity index (χ1) is 11.9. The van der Waals surface area contributed by atoms with Gasteiger partial charge in [-0.3, -0.25) is 0 Å². The highest BCUT2D eigenvalue weighted by atomic mass is 14.8. The summed E-state index contributed by atoms with van der Waals surface area (Å²) in [5.74, 6) is 0. The SMILES string of the molecule is CCCCc1ccccc1.c1ccc2nc3ccccc3nc2c1. The molecule has 1 heterocycles. The van der Waals surface area contributed by atoms with Gasteiger partial charge in [-0.25, -0.2) is 9.97 Å². The maximum Gasteiger partial charge on any atom is 0.0894 e. The Balaban J connectivity index is 0.000000150. The van der Waals surface area contributed by atoms with E-state index in [1.165, 1.54) is 24.8 Å². The molecule has 0 saturated carbocycles. The van der Waals surface area contributed by atoms with Crippen LogP contribution in [0.5, 0.6) is 0 Å². The van der Waals surface area contributed by atoms with Gasteiger partial charge in [-0.2, -0.15) is 0 Å². The predicted molar refractivity (Wildman–Crippen MR) is 102 cm³/mol. The summed E-state index contributed by atoms with van der Waals surface area (Å²) < 4.78 is 0. The topological polar surface area (TPSA) is 25.8 Å². The molecule has 24 heavy (non-hydrogen) atoms. The summed E-state index contributed by atoms with van der Waals surface area (Å²) in [6, 6.07) is 26.5. The molecule has 0 N–H and O–H groups in total. The Morgan fingerprint density at radius 1 is 0.583 bits per heavy atom. The standard InChI is InChI=1S/C12H8N2.C10H14/c1-2-6-10-9(5-1)13-11-7-3-4-8-12(11)14-10;1-2-3-7-10-8-5-4-6-9-10/h1-8H;4-6,8-9H,2-3,7H2,1H3. The van der Waals surface area contributed by atoms with E-state index < -0.39 is 0 Å². The molecular weight excluding hydrogens is 292 g/mol. The summed E-state index contributed by atoms with van der Waals surface area (Å²) in [7, 11) is 0. The van der Waals surface area contributed by atoms with Crippen LogP contribution >= 0.6 is 0 Å². The van der Waals surface area contributed by atoms with Crippen molar-refractivity contribution in [3.05, 3.63) is 84.4 Å². The van der Waals surface area contributed by atoms with Crippen LogP contribution in [0.3, 0.4) is 0 Å². The Hall–Kier alpha value is -2.74. The Bertz CT molecular complexity index is 796. The number of unbranched alkanes of at least 4 members (excludes halogenated alkanes) is 1. The third kappa shape index (κ3) is 4.17. The second-order valence-electron chi connectivity index (χ2n) is 5.79. The Morgan fingerprint density at radius 2 is 1.00 bits per heavy atom. The van der Waals surface area contributed by atoms with Crippen molar-refractivity contribution in [3.8, 4) is 0 Å². The highest BCUT2D eigenvalue weighted by Gasteiger charge is 1.98. The van der Waals surface area contributed by atoms with Crippen molar-refractivity contribution in [1.29, 1.82) is 0 Å². The molecule has 0 bridgehead atoms. The van der Waals surface area contributed by atoms with Gasteiger partial charge < -0.3 is 0 Å². The average molecular weight is 314 g/mol. The monoisotopic (exact) mass is 314 g/mol. The van der Waals surface area contributed by atoms with Crippen molar-refractivity contribution in [2.75, 3.05) is 0 Å². The van der Waals surface area contributed by atoms with Crippen molar-refractivity contribution in [2.45, 2.75) is 26.2 Å². The van der Waals surface area contributed by atoms with Crippen molar-refractivity contribution in [1.82, 2.24) is 9.97 Å². The zero-order chi connectivity index (χ0) is 16.6. The molecule has 120 valence electrons. The lowest BCUT2D eigenvalue weighted by Crippen LogP contribution is -1.85. The molecule has 0 fully saturated rings. The summed E-state index contributed by atoms with van der Waals surface area (Å²) in [5, 5.41) is 0. The van der Waals surface area contributed by atoms with Crippen LogP contribution < -0.4 is 0 Å². The smallest absolute Gasteiger partial charge is 0.0894 e. The number of aromatic nitrogens is 2. The molecule has 4 aromatic rings. The molecule has 3 aromatic carbocycles. The van der Waals surface area contributed by atoms with Crippen LogP contribution in [-0.2, 0) is 6.42 Å². The second-order valence-corrected chi connectivity index (χ2v) is 5.79. The fourth-order valence-electron chi connectivity index (χ4n) is 2.59. The Kier molecular flexibility index (Phi) is 5.52. The fraction of sp³-hybridized carbons (Fsp3) is 0.182. The lowest BCUT2D eigenvalue weighted by Gasteiger charge is -1.98. The molecule has 1 aromatic heterocycles. The van der Waals surface area contributed by atoms with E-state index in [2.05, 4.69) is 47.2 Å². The van der Waals surface area contributed by atoms with Gasteiger partial charge in [-0.15, -0.1) is 0 Å². The summed E-state index contributed by atoms with van der Waals surface area (Å²) in [6.07, 6.45) is 3.83. The van der Waals surface area contributed by atoms with E-state index in [-0.39, 0.29) is 0 Å². The number of aryl methyl sites for hydroxylation is 1. The average Bonchev–Trinajstić information content (AvgIpc) is 2.66. The number of rotatable bonds is 3. The van der Waals surface area contributed by atoms with E-state index in [0.29, 0.717) is 0 Å². The van der Waals surface area contributed by atoms with Gasteiger partial charge in [0.25, 0.3) is 0 Å². The van der Waals surface area contributed by atoms with Gasteiger partial charge in [0, 0.05) is 0 Å². The minimum Gasteiger partial charge on any atom is -0.245 e. The summed E-state index contributed by atoms with van der Waals surface area (Å²) >= 11 is 0. The predicted octanol–water partition coefficient (Wildman–Crippen LogP) is 5.81. The zero-order valence-electron chi connectivity index (χ0n) is 14.0. The van der Waals surface area contributed by atoms with Gasteiger partial charge in [-0.1, -0.05) is 67.9 Å². The van der Waals surface area contributed by atoms with Gasteiger partial charge >= 0.3 is 0 Å². The Morgan fingerprint density at radius 3 is 1.42 bits per heavy atom. The molecule has 0 aliphatic heterocycles. The van der Waals surface area contributed by atoms with Crippen molar-refractivity contribution >= 4 is 22.1 Å². The van der Waals surface area contributed by atoms with Gasteiger partial charge in [0.05, 0.1) is 22.1 Å². The molecule has 0 unspecified atom stereocenters. The van der Waals surface area contributed by atoms with Crippen molar-refractivity contribution in [3.63, 3.8) is 0 Å². The van der Waals surface area contributed by atoms with E-state index >= 15 is 0 Å². The summed E-state index contributed by atoms with van der Waals surface area (Å²) in [4.78, 5) is 9.03. The fourth-order valence-corrected chi connectivity index (χ4v) is 2.59. The molecule has 0 saturated heterocycles. The number of hydrogen-bond donors (Lipinski definition) is 0. The van der Waals surface area contributed by atoms with Crippen LogP contribution in [0, 0.1) is 0 Å². The van der Waals surface area contributed by atoms with Gasteiger partial charge in [-0.05, 0) is 42.7 Å². The van der Waals surface area contributed by atoms with E-state index in [9.17, 15) is 0 Å². The van der Waals surface area contributed by atoms with E-state index in [0.717, 1.165) is 22.1 Å². The molecule has 2 nitrogen and oxygen atoms in total. The highest BCUT2D eigenvalue weighted by molar-refractivity contribution is 5.85. The van der Waals surface area contributed by atoms with Crippen LogP contribution in [0.25, 0.3) is 22.1 Å². The number of hydrogen-bond acceptors (Lipinski definition) is 2. The first-order valence-corrected chi connectivity index (χ1v) is 8.52. The molecular formula is C22H22N2. The number of nitrogens with zero attached hydrogens (tertiary/aromatic N) is 2. The maximum atomic E-state index is 4.52.